The normalized spacial score (nSPS) is 14.4. The van der Waals surface area contributed by atoms with Crippen LogP contribution in [0.15, 0.2) is 36.4 Å². The first-order valence-corrected chi connectivity index (χ1v) is 6.53. The summed E-state index contributed by atoms with van der Waals surface area (Å²) in [6, 6.07) is 6.88. The Morgan fingerprint density at radius 2 is 1.65 bits per heavy atom. The number of carbonyl (C=O) groups is 2. The van der Waals surface area contributed by atoms with E-state index in [1.54, 1.807) is 36.4 Å². The summed E-state index contributed by atoms with van der Waals surface area (Å²) in [5.41, 5.74) is 0.901. The van der Waals surface area contributed by atoms with Crippen LogP contribution in [0.25, 0.3) is 0 Å². The molecule has 2 rings (SSSR count). The van der Waals surface area contributed by atoms with Crippen molar-refractivity contribution in [1.29, 1.82) is 0 Å². The second-order valence-electron chi connectivity index (χ2n) is 5.69. The molecule has 3 heteroatoms. The van der Waals surface area contributed by atoms with Gasteiger partial charge in [-0.3, -0.25) is 14.5 Å². The van der Waals surface area contributed by atoms with E-state index >= 15 is 0 Å². The Hall–Kier alpha value is -2.34. The highest BCUT2D eigenvalue weighted by Crippen LogP contribution is 2.21. The molecule has 1 heterocycles. The Bertz CT molecular complexity index is 604. The van der Waals surface area contributed by atoms with Gasteiger partial charge in [0.2, 0.25) is 0 Å². The number of amides is 2. The molecule has 0 saturated carbocycles. The van der Waals surface area contributed by atoms with Crippen LogP contribution >= 0.6 is 0 Å². The molecule has 0 saturated heterocycles. The highest BCUT2D eigenvalue weighted by Gasteiger charge is 2.33. The van der Waals surface area contributed by atoms with Gasteiger partial charge in [-0.2, -0.15) is 0 Å². The molecule has 0 unspecified atom stereocenters. The number of nitrogens with zero attached hydrogens (tertiary/aromatic N) is 1. The van der Waals surface area contributed by atoms with Crippen LogP contribution in [0.1, 0.15) is 41.5 Å². The molecule has 3 nitrogen and oxygen atoms in total. The SMILES string of the molecule is CC(C)(C)C#CC=CCN1C(=O)c2ccccc2C1=O. The van der Waals surface area contributed by atoms with E-state index in [1.807, 2.05) is 20.8 Å². The number of hydrogen-bond donors (Lipinski definition) is 0. The van der Waals surface area contributed by atoms with Gasteiger partial charge >= 0.3 is 0 Å². The highest BCUT2D eigenvalue weighted by molar-refractivity contribution is 6.21. The van der Waals surface area contributed by atoms with Crippen LogP contribution in [-0.2, 0) is 0 Å². The van der Waals surface area contributed by atoms with E-state index in [1.165, 1.54) is 4.90 Å². The van der Waals surface area contributed by atoms with Crippen molar-refractivity contribution in [3.63, 3.8) is 0 Å². The Morgan fingerprint density at radius 3 is 2.15 bits per heavy atom. The molecule has 1 aliphatic rings. The molecule has 2 amide bonds. The third-order valence-electron chi connectivity index (χ3n) is 2.81. The Labute approximate surface area is 119 Å². The molecule has 0 bridgehead atoms. The zero-order chi connectivity index (χ0) is 14.8. The lowest BCUT2D eigenvalue weighted by Gasteiger charge is -2.09. The molecular formula is C17H17NO2. The lowest BCUT2D eigenvalue weighted by molar-refractivity contribution is 0.0672. The van der Waals surface area contributed by atoms with Crippen LogP contribution < -0.4 is 0 Å². The average molecular weight is 267 g/mol. The molecule has 1 aromatic rings. The Morgan fingerprint density at radius 1 is 1.10 bits per heavy atom. The van der Waals surface area contributed by atoms with Gasteiger partial charge in [0.25, 0.3) is 11.8 Å². The Balaban J connectivity index is 2.06. The fourth-order valence-electron chi connectivity index (χ4n) is 1.88. The molecule has 1 aliphatic heterocycles. The molecule has 0 radical (unpaired) electrons. The van der Waals surface area contributed by atoms with Crippen LogP contribution in [0.3, 0.4) is 0 Å². The van der Waals surface area contributed by atoms with Crippen molar-refractivity contribution < 1.29 is 9.59 Å². The third kappa shape index (κ3) is 2.97. The smallest absolute Gasteiger partial charge is 0.261 e. The summed E-state index contributed by atoms with van der Waals surface area (Å²) in [6.45, 7) is 6.33. The molecule has 0 aliphatic carbocycles. The third-order valence-corrected chi connectivity index (χ3v) is 2.81. The number of hydrogen-bond acceptors (Lipinski definition) is 2. The fraction of sp³-hybridized carbons (Fsp3) is 0.294. The van der Waals surface area contributed by atoms with E-state index in [4.69, 9.17) is 0 Å². The number of allylic oxidation sites excluding steroid dienone is 1. The van der Waals surface area contributed by atoms with Crippen LogP contribution in [-0.4, -0.2) is 23.3 Å². The highest BCUT2D eigenvalue weighted by atomic mass is 16.2. The van der Waals surface area contributed by atoms with Crippen molar-refractivity contribution in [3.8, 4) is 11.8 Å². The lowest BCUT2D eigenvalue weighted by atomic mass is 9.98. The number of fused-ring (bicyclic) bond motifs is 1. The number of imide groups is 1. The van der Waals surface area contributed by atoms with Gasteiger partial charge in [0.05, 0.1) is 11.1 Å². The molecule has 0 N–H and O–H groups in total. The van der Waals surface area contributed by atoms with Crippen LogP contribution in [0.4, 0.5) is 0 Å². The monoisotopic (exact) mass is 267 g/mol. The first-order valence-electron chi connectivity index (χ1n) is 6.53. The van der Waals surface area contributed by atoms with E-state index in [0.29, 0.717) is 11.1 Å². The predicted octanol–water partition coefficient (Wildman–Crippen LogP) is 2.89. The summed E-state index contributed by atoms with van der Waals surface area (Å²) in [5.74, 6) is 5.51. The minimum Gasteiger partial charge on any atom is -0.270 e. The van der Waals surface area contributed by atoms with Gasteiger partial charge in [0, 0.05) is 12.0 Å². The number of rotatable bonds is 2. The summed E-state index contributed by atoms with van der Waals surface area (Å²) < 4.78 is 0. The molecule has 1 aromatic carbocycles. The van der Waals surface area contributed by atoms with Crippen molar-refractivity contribution >= 4 is 11.8 Å². The Kier molecular flexibility index (Phi) is 3.76. The predicted molar refractivity (Wildman–Crippen MR) is 78.2 cm³/mol. The van der Waals surface area contributed by atoms with Crippen molar-refractivity contribution in [2.24, 2.45) is 5.41 Å². The maximum Gasteiger partial charge on any atom is 0.261 e. The topological polar surface area (TPSA) is 37.4 Å². The molecule has 20 heavy (non-hydrogen) atoms. The summed E-state index contributed by atoms with van der Waals surface area (Å²) in [4.78, 5) is 25.4. The fourth-order valence-corrected chi connectivity index (χ4v) is 1.88. The van der Waals surface area contributed by atoms with E-state index < -0.39 is 0 Å². The zero-order valence-electron chi connectivity index (χ0n) is 11.9. The van der Waals surface area contributed by atoms with E-state index in [9.17, 15) is 9.59 Å². The molecule has 102 valence electrons. The quantitative estimate of drug-likeness (QED) is 0.610. The van der Waals surface area contributed by atoms with Crippen molar-refractivity contribution in [2.45, 2.75) is 20.8 Å². The van der Waals surface area contributed by atoms with Gasteiger partial charge in [-0.25, -0.2) is 0 Å². The van der Waals surface area contributed by atoms with Gasteiger partial charge in [-0.15, -0.1) is 0 Å². The summed E-state index contributed by atoms with van der Waals surface area (Å²) in [6.07, 6.45) is 3.43. The molecule has 0 spiro atoms. The molecule has 0 aromatic heterocycles. The van der Waals surface area contributed by atoms with E-state index in [-0.39, 0.29) is 23.8 Å². The minimum absolute atomic E-state index is 0.0557. The average Bonchev–Trinajstić information content (AvgIpc) is 2.62. The van der Waals surface area contributed by atoms with Crippen LogP contribution in [0.2, 0.25) is 0 Å². The maximum absolute atomic E-state index is 12.1. The van der Waals surface area contributed by atoms with Gasteiger partial charge in [0.1, 0.15) is 0 Å². The molecule has 0 atom stereocenters. The van der Waals surface area contributed by atoms with Crippen molar-refractivity contribution in [3.05, 3.63) is 47.5 Å². The second-order valence-corrected chi connectivity index (χ2v) is 5.69. The maximum atomic E-state index is 12.1. The second kappa shape index (κ2) is 5.34. The zero-order valence-corrected chi connectivity index (χ0v) is 11.9. The van der Waals surface area contributed by atoms with Crippen LogP contribution in [0.5, 0.6) is 0 Å². The molecular weight excluding hydrogens is 250 g/mol. The molecule has 0 fully saturated rings. The number of carbonyl (C=O) groups excluding carboxylic acids is 2. The summed E-state index contributed by atoms with van der Waals surface area (Å²) in [7, 11) is 0. The largest absolute Gasteiger partial charge is 0.270 e. The lowest BCUT2D eigenvalue weighted by Crippen LogP contribution is -2.29. The minimum atomic E-state index is -0.237. The van der Waals surface area contributed by atoms with Gasteiger partial charge in [-0.1, -0.05) is 30.0 Å². The van der Waals surface area contributed by atoms with Gasteiger partial charge in [-0.05, 0) is 39.0 Å². The van der Waals surface area contributed by atoms with Crippen LogP contribution in [0, 0.1) is 17.3 Å². The van der Waals surface area contributed by atoms with Crippen molar-refractivity contribution in [2.75, 3.05) is 6.54 Å². The first kappa shape index (κ1) is 14.1. The van der Waals surface area contributed by atoms with Gasteiger partial charge < -0.3 is 0 Å². The van der Waals surface area contributed by atoms with Crippen molar-refractivity contribution in [1.82, 2.24) is 4.90 Å². The number of benzene rings is 1. The summed E-state index contributed by atoms with van der Waals surface area (Å²) in [5, 5.41) is 0. The first-order chi connectivity index (χ1) is 9.40. The standard InChI is InChI=1S/C17H17NO2/c1-17(2,3)11-7-4-8-12-18-15(19)13-9-5-6-10-14(13)16(18)20/h4-6,8-10H,12H2,1-3H3. The van der Waals surface area contributed by atoms with E-state index in [2.05, 4.69) is 11.8 Å². The summed E-state index contributed by atoms with van der Waals surface area (Å²) >= 11 is 0. The van der Waals surface area contributed by atoms with Gasteiger partial charge in [0.15, 0.2) is 0 Å². The van der Waals surface area contributed by atoms with E-state index in [0.717, 1.165) is 0 Å².